The second-order valence-electron chi connectivity index (χ2n) is 12.7. The van der Waals surface area contributed by atoms with Crippen LogP contribution in [0.3, 0.4) is 0 Å². The van der Waals surface area contributed by atoms with Crippen molar-refractivity contribution in [2.24, 2.45) is 0 Å². The number of rotatable bonds is 4. The van der Waals surface area contributed by atoms with E-state index in [2.05, 4.69) is 60.7 Å². The normalized spacial score (nSPS) is 11.9. The molecule has 0 bridgehead atoms. The third-order valence-corrected chi connectivity index (χ3v) is 9.76. The van der Waals surface area contributed by atoms with E-state index in [4.69, 9.17) is 28.2 Å². The summed E-state index contributed by atoms with van der Waals surface area (Å²) in [5.41, 5.74) is 9.52. The Morgan fingerprint density at radius 1 is 0.314 bits per heavy atom. The number of aromatic nitrogens is 3. The zero-order chi connectivity index (χ0) is 33.5. The lowest BCUT2D eigenvalue weighted by Gasteiger charge is -2.10. The Bertz CT molecular complexity index is 3150. The number of furan rings is 3. The van der Waals surface area contributed by atoms with Gasteiger partial charge in [-0.1, -0.05) is 115 Å². The Hall–Kier alpha value is -7.05. The Morgan fingerprint density at radius 2 is 0.843 bits per heavy atom. The highest BCUT2D eigenvalue weighted by Crippen LogP contribution is 2.42. The van der Waals surface area contributed by atoms with Crippen molar-refractivity contribution in [3.8, 4) is 45.3 Å². The molecular weight excluding hydrogens is 631 g/mol. The van der Waals surface area contributed by atoms with E-state index in [1.807, 2.05) is 91.0 Å². The monoisotopic (exact) mass is 655 g/mol. The van der Waals surface area contributed by atoms with Gasteiger partial charge in [0.1, 0.15) is 33.5 Å². The molecule has 51 heavy (non-hydrogen) atoms. The van der Waals surface area contributed by atoms with Gasteiger partial charge in [0, 0.05) is 54.6 Å². The van der Waals surface area contributed by atoms with Gasteiger partial charge in [0.15, 0.2) is 17.5 Å². The lowest BCUT2D eigenvalue weighted by molar-refractivity contribution is 0.668. The number of nitrogens with zero attached hydrogens (tertiary/aromatic N) is 3. The van der Waals surface area contributed by atoms with E-state index in [9.17, 15) is 0 Å². The predicted molar refractivity (Wildman–Crippen MR) is 203 cm³/mol. The fourth-order valence-electron chi connectivity index (χ4n) is 7.45. The van der Waals surface area contributed by atoms with Crippen molar-refractivity contribution < 1.29 is 13.3 Å². The first kappa shape index (κ1) is 27.9. The van der Waals surface area contributed by atoms with Gasteiger partial charge in [-0.3, -0.25) is 0 Å². The Labute approximate surface area is 290 Å². The van der Waals surface area contributed by atoms with Crippen molar-refractivity contribution >= 4 is 65.8 Å². The molecule has 0 fully saturated rings. The summed E-state index contributed by atoms with van der Waals surface area (Å²) in [6, 6.07) is 51.0. The van der Waals surface area contributed by atoms with Crippen LogP contribution in [0.1, 0.15) is 0 Å². The predicted octanol–water partition coefficient (Wildman–Crippen LogP) is 12.2. The molecule has 0 saturated heterocycles. The molecule has 7 aromatic carbocycles. The summed E-state index contributed by atoms with van der Waals surface area (Å²) in [6.07, 6.45) is 0. The van der Waals surface area contributed by atoms with E-state index in [1.165, 1.54) is 0 Å². The largest absolute Gasteiger partial charge is 0.456 e. The molecule has 0 atom stereocenters. The highest BCUT2D eigenvalue weighted by molar-refractivity contribution is 6.16. The SMILES string of the molecule is c1ccc(-c2nc(-c3cccc4oc5ccccc5c34)nc(-c3cccc4oc5c(-c6ccc7c(c6)oc6ccccc67)cccc5c34)n2)cc1. The second kappa shape index (κ2) is 10.7. The fraction of sp³-hybridized carbons (Fsp3) is 0. The number of hydrogen-bond donors (Lipinski definition) is 0. The maximum atomic E-state index is 6.68. The van der Waals surface area contributed by atoms with Crippen molar-refractivity contribution in [3.63, 3.8) is 0 Å². The minimum absolute atomic E-state index is 0.561. The van der Waals surface area contributed by atoms with E-state index in [-0.39, 0.29) is 0 Å². The van der Waals surface area contributed by atoms with Crippen molar-refractivity contribution in [2.75, 3.05) is 0 Å². The van der Waals surface area contributed by atoms with Crippen LogP contribution in [-0.4, -0.2) is 15.0 Å². The Morgan fingerprint density at radius 3 is 1.63 bits per heavy atom. The summed E-state index contributed by atoms with van der Waals surface area (Å²) in [5, 5.41) is 6.11. The molecule has 0 saturated carbocycles. The first-order valence-electron chi connectivity index (χ1n) is 16.9. The fourth-order valence-corrected chi connectivity index (χ4v) is 7.45. The number of para-hydroxylation sites is 3. The first-order valence-corrected chi connectivity index (χ1v) is 16.9. The maximum Gasteiger partial charge on any atom is 0.164 e. The lowest BCUT2D eigenvalue weighted by atomic mass is 9.99. The van der Waals surface area contributed by atoms with Gasteiger partial charge in [0.2, 0.25) is 0 Å². The summed E-state index contributed by atoms with van der Waals surface area (Å²) >= 11 is 0. The molecule has 0 N–H and O–H groups in total. The molecule has 0 spiro atoms. The molecule has 238 valence electrons. The van der Waals surface area contributed by atoms with Crippen molar-refractivity contribution in [1.82, 2.24) is 15.0 Å². The molecule has 0 unspecified atom stereocenters. The third kappa shape index (κ3) is 4.26. The highest BCUT2D eigenvalue weighted by Gasteiger charge is 2.21. The summed E-state index contributed by atoms with van der Waals surface area (Å²) in [6.45, 7) is 0. The molecule has 6 nitrogen and oxygen atoms in total. The lowest BCUT2D eigenvalue weighted by Crippen LogP contribution is -2.00. The third-order valence-electron chi connectivity index (χ3n) is 9.76. The van der Waals surface area contributed by atoms with Gasteiger partial charge in [-0.2, -0.15) is 0 Å². The average Bonchev–Trinajstić information content (AvgIpc) is 3.89. The van der Waals surface area contributed by atoms with Crippen LogP contribution < -0.4 is 0 Å². The zero-order valence-corrected chi connectivity index (χ0v) is 27.0. The molecule has 0 aliphatic heterocycles. The van der Waals surface area contributed by atoms with E-state index in [0.717, 1.165) is 93.6 Å². The van der Waals surface area contributed by atoms with Crippen LogP contribution in [0.5, 0.6) is 0 Å². The Balaban J connectivity index is 1.14. The maximum absolute atomic E-state index is 6.68. The van der Waals surface area contributed by atoms with Gasteiger partial charge in [0.05, 0.1) is 0 Å². The molecule has 0 amide bonds. The average molecular weight is 656 g/mol. The zero-order valence-electron chi connectivity index (χ0n) is 27.0. The van der Waals surface area contributed by atoms with Gasteiger partial charge in [-0.15, -0.1) is 0 Å². The van der Waals surface area contributed by atoms with E-state index in [1.54, 1.807) is 0 Å². The molecule has 6 heteroatoms. The Kier molecular flexibility index (Phi) is 5.86. The summed E-state index contributed by atoms with van der Waals surface area (Å²) in [5.74, 6) is 1.72. The van der Waals surface area contributed by atoms with Crippen LogP contribution in [0, 0.1) is 0 Å². The number of fused-ring (bicyclic) bond motifs is 9. The van der Waals surface area contributed by atoms with Gasteiger partial charge in [-0.05, 0) is 42.0 Å². The molecule has 4 heterocycles. The molecule has 0 radical (unpaired) electrons. The highest BCUT2D eigenvalue weighted by atomic mass is 16.3. The van der Waals surface area contributed by atoms with Crippen molar-refractivity contribution in [1.29, 1.82) is 0 Å². The molecule has 4 aromatic heterocycles. The quantitative estimate of drug-likeness (QED) is 0.188. The van der Waals surface area contributed by atoms with Crippen LogP contribution in [-0.2, 0) is 0 Å². The first-order chi connectivity index (χ1) is 25.3. The summed E-state index contributed by atoms with van der Waals surface area (Å²) in [7, 11) is 0. The van der Waals surface area contributed by atoms with Crippen LogP contribution in [0.15, 0.2) is 165 Å². The van der Waals surface area contributed by atoms with Gasteiger partial charge in [-0.25, -0.2) is 15.0 Å². The smallest absolute Gasteiger partial charge is 0.164 e. The molecule has 11 rings (SSSR count). The van der Waals surface area contributed by atoms with Crippen LogP contribution >= 0.6 is 0 Å². The summed E-state index contributed by atoms with van der Waals surface area (Å²) in [4.78, 5) is 15.4. The van der Waals surface area contributed by atoms with Gasteiger partial charge >= 0.3 is 0 Å². The van der Waals surface area contributed by atoms with Crippen molar-refractivity contribution in [3.05, 3.63) is 152 Å². The number of benzene rings is 7. The van der Waals surface area contributed by atoms with Crippen LogP contribution in [0.4, 0.5) is 0 Å². The summed E-state index contributed by atoms with van der Waals surface area (Å²) < 4.78 is 19.2. The van der Waals surface area contributed by atoms with Crippen LogP contribution in [0.25, 0.3) is 111 Å². The standard InChI is InChI=1S/C45H25N3O3/c1-2-11-26(12-3-1)43-46-44(33-17-9-21-37-40(33)31-14-5-7-20-36(31)49-37)48-45(47-43)34-18-10-22-38-41(34)32-16-8-15-28(42(32)51-38)27-23-24-30-29-13-4-6-19-35(29)50-39(30)25-27/h1-25H. The van der Waals surface area contributed by atoms with Crippen LogP contribution in [0.2, 0.25) is 0 Å². The molecule has 0 aliphatic carbocycles. The van der Waals surface area contributed by atoms with E-state index in [0.29, 0.717) is 17.5 Å². The number of hydrogen-bond acceptors (Lipinski definition) is 6. The molecular formula is C45H25N3O3. The van der Waals surface area contributed by atoms with E-state index >= 15 is 0 Å². The molecule has 0 aliphatic rings. The van der Waals surface area contributed by atoms with Gasteiger partial charge < -0.3 is 13.3 Å². The molecule has 11 aromatic rings. The van der Waals surface area contributed by atoms with E-state index < -0.39 is 0 Å². The minimum Gasteiger partial charge on any atom is -0.456 e. The van der Waals surface area contributed by atoms with Crippen molar-refractivity contribution in [2.45, 2.75) is 0 Å². The van der Waals surface area contributed by atoms with Gasteiger partial charge in [0.25, 0.3) is 0 Å². The minimum atomic E-state index is 0.561. The second-order valence-corrected chi connectivity index (χ2v) is 12.7. The topological polar surface area (TPSA) is 78.1 Å².